The fourth-order valence-electron chi connectivity index (χ4n) is 2.19. The first-order valence-electron chi connectivity index (χ1n) is 6.83. The summed E-state index contributed by atoms with van der Waals surface area (Å²) in [4.78, 5) is 4.97. The molecule has 1 saturated heterocycles. The van der Waals surface area contributed by atoms with Crippen molar-refractivity contribution in [2.45, 2.75) is 13.3 Å². The lowest BCUT2D eigenvalue weighted by molar-refractivity contribution is 0.150. The van der Waals surface area contributed by atoms with Crippen molar-refractivity contribution in [1.82, 2.24) is 15.1 Å². The third-order valence-corrected chi connectivity index (χ3v) is 3.37. The molecule has 0 aromatic carbocycles. The second-order valence-electron chi connectivity index (χ2n) is 5.26. The summed E-state index contributed by atoms with van der Waals surface area (Å²) in [7, 11) is 3.97. The fourth-order valence-corrected chi connectivity index (χ4v) is 2.19. The molecule has 1 heterocycles. The molecule has 0 saturated carbocycles. The smallest absolute Gasteiger partial charge is 0.0499 e. The molecule has 0 aromatic heterocycles. The van der Waals surface area contributed by atoms with Crippen LogP contribution in [0.1, 0.15) is 13.3 Å². The maximum Gasteiger partial charge on any atom is 0.0499 e. The number of hydrogen-bond acceptors (Lipinski definition) is 4. The molecule has 1 unspecified atom stereocenters. The molecular weight excluding hydrogens is 214 g/mol. The number of methoxy groups -OCH3 is 1. The number of rotatable bonds is 8. The van der Waals surface area contributed by atoms with Crippen LogP contribution in [0.5, 0.6) is 0 Å². The van der Waals surface area contributed by atoms with Gasteiger partial charge in [-0.1, -0.05) is 6.92 Å². The molecule has 1 aliphatic rings. The maximum atomic E-state index is 5.11. The van der Waals surface area contributed by atoms with Crippen molar-refractivity contribution >= 4 is 0 Å². The summed E-state index contributed by atoms with van der Waals surface area (Å²) in [6.07, 6.45) is 1.25. The van der Waals surface area contributed by atoms with E-state index >= 15 is 0 Å². The maximum absolute atomic E-state index is 5.11. The van der Waals surface area contributed by atoms with E-state index in [1.54, 1.807) is 7.11 Å². The van der Waals surface area contributed by atoms with Crippen molar-refractivity contribution in [3.63, 3.8) is 0 Å². The van der Waals surface area contributed by atoms with Crippen LogP contribution >= 0.6 is 0 Å². The van der Waals surface area contributed by atoms with Gasteiger partial charge in [-0.2, -0.15) is 0 Å². The van der Waals surface area contributed by atoms with Gasteiger partial charge in [0, 0.05) is 39.9 Å². The molecule has 0 aromatic rings. The van der Waals surface area contributed by atoms with Gasteiger partial charge in [0.1, 0.15) is 0 Å². The van der Waals surface area contributed by atoms with Crippen molar-refractivity contribution < 1.29 is 4.74 Å². The number of piperazine rings is 1. The molecular formula is C13H29N3O. The molecule has 17 heavy (non-hydrogen) atoms. The predicted molar refractivity (Wildman–Crippen MR) is 72.5 cm³/mol. The molecule has 0 spiro atoms. The van der Waals surface area contributed by atoms with E-state index in [0.717, 1.165) is 19.7 Å². The van der Waals surface area contributed by atoms with Crippen LogP contribution in [0.3, 0.4) is 0 Å². The van der Waals surface area contributed by atoms with E-state index in [2.05, 4.69) is 29.1 Å². The van der Waals surface area contributed by atoms with Crippen molar-refractivity contribution in [3.05, 3.63) is 0 Å². The molecule has 102 valence electrons. The zero-order valence-electron chi connectivity index (χ0n) is 11.7. The van der Waals surface area contributed by atoms with E-state index in [1.807, 2.05) is 0 Å². The van der Waals surface area contributed by atoms with Crippen molar-refractivity contribution in [3.8, 4) is 0 Å². The molecule has 4 heteroatoms. The van der Waals surface area contributed by atoms with Crippen LogP contribution in [0.15, 0.2) is 0 Å². The summed E-state index contributed by atoms with van der Waals surface area (Å²) in [5, 5.41) is 3.50. The van der Waals surface area contributed by atoms with Gasteiger partial charge in [0.25, 0.3) is 0 Å². The van der Waals surface area contributed by atoms with Gasteiger partial charge in [0.05, 0.1) is 0 Å². The Labute approximate surface area is 106 Å². The Balaban J connectivity index is 1.90. The Kier molecular flexibility index (Phi) is 7.77. The zero-order valence-corrected chi connectivity index (χ0v) is 11.7. The third-order valence-electron chi connectivity index (χ3n) is 3.37. The summed E-state index contributed by atoms with van der Waals surface area (Å²) in [5.41, 5.74) is 0. The van der Waals surface area contributed by atoms with Crippen LogP contribution in [0.4, 0.5) is 0 Å². The van der Waals surface area contributed by atoms with Crippen LogP contribution in [-0.4, -0.2) is 76.4 Å². The topological polar surface area (TPSA) is 27.7 Å². The van der Waals surface area contributed by atoms with Gasteiger partial charge in [-0.3, -0.25) is 0 Å². The first kappa shape index (κ1) is 14.9. The summed E-state index contributed by atoms with van der Waals surface area (Å²) >= 11 is 0. The van der Waals surface area contributed by atoms with Crippen molar-refractivity contribution in [2.75, 3.05) is 66.6 Å². The highest BCUT2D eigenvalue weighted by atomic mass is 16.5. The molecule has 1 fully saturated rings. The van der Waals surface area contributed by atoms with Gasteiger partial charge < -0.3 is 19.9 Å². The summed E-state index contributed by atoms with van der Waals surface area (Å²) in [6.45, 7) is 11.4. The van der Waals surface area contributed by atoms with Crippen molar-refractivity contribution in [2.24, 2.45) is 5.92 Å². The molecule has 0 amide bonds. The zero-order chi connectivity index (χ0) is 12.5. The van der Waals surface area contributed by atoms with Gasteiger partial charge in [0.2, 0.25) is 0 Å². The second-order valence-corrected chi connectivity index (χ2v) is 5.26. The number of nitrogens with one attached hydrogen (secondary N) is 1. The number of ether oxygens (including phenoxy) is 1. The van der Waals surface area contributed by atoms with Crippen molar-refractivity contribution in [1.29, 1.82) is 0 Å². The summed E-state index contributed by atoms with van der Waals surface area (Å²) in [6, 6.07) is 0. The number of hydrogen-bond donors (Lipinski definition) is 1. The predicted octanol–water partition coefficient (Wildman–Crippen LogP) is 0.496. The largest absolute Gasteiger partial charge is 0.384 e. The Morgan fingerprint density at radius 2 is 1.94 bits per heavy atom. The minimum absolute atomic E-state index is 0.614. The van der Waals surface area contributed by atoms with Crippen LogP contribution in [0.25, 0.3) is 0 Å². The Hall–Kier alpha value is -0.160. The Morgan fingerprint density at radius 1 is 1.24 bits per heavy atom. The summed E-state index contributed by atoms with van der Waals surface area (Å²) in [5.74, 6) is 0.614. The lowest BCUT2D eigenvalue weighted by Crippen LogP contribution is -2.45. The average Bonchev–Trinajstić information content (AvgIpc) is 2.31. The molecule has 0 radical (unpaired) electrons. The first-order valence-corrected chi connectivity index (χ1v) is 6.83. The highest BCUT2D eigenvalue weighted by Crippen LogP contribution is 1.99. The molecule has 0 aliphatic carbocycles. The van der Waals surface area contributed by atoms with Gasteiger partial charge in [-0.05, 0) is 39.0 Å². The molecule has 0 bridgehead atoms. The SMILES string of the molecule is COCC(C)CNCCCN1CCN(C)CC1. The van der Waals surface area contributed by atoms with Crippen LogP contribution in [-0.2, 0) is 4.74 Å². The fraction of sp³-hybridized carbons (Fsp3) is 1.00. The van der Waals surface area contributed by atoms with E-state index in [1.165, 1.54) is 39.1 Å². The molecule has 1 atom stereocenters. The minimum atomic E-state index is 0.614. The van der Waals surface area contributed by atoms with Gasteiger partial charge in [-0.15, -0.1) is 0 Å². The highest BCUT2D eigenvalue weighted by molar-refractivity contribution is 4.69. The van der Waals surface area contributed by atoms with Gasteiger partial charge in [-0.25, -0.2) is 0 Å². The lowest BCUT2D eigenvalue weighted by Gasteiger charge is -2.32. The van der Waals surface area contributed by atoms with E-state index in [-0.39, 0.29) is 0 Å². The number of nitrogens with zero attached hydrogens (tertiary/aromatic N) is 2. The number of likely N-dealkylation sites (N-methyl/N-ethyl adjacent to an activating group) is 1. The minimum Gasteiger partial charge on any atom is -0.384 e. The van der Waals surface area contributed by atoms with Gasteiger partial charge in [0.15, 0.2) is 0 Å². The van der Waals surface area contributed by atoms with E-state index < -0.39 is 0 Å². The van der Waals surface area contributed by atoms with Gasteiger partial charge >= 0.3 is 0 Å². The standard InChI is InChI=1S/C13H29N3O/c1-13(12-17-3)11-14-5-4-6-16-9-7-15(2)8-10-16/h13-14H,4-12H2,1-3H3. The highest BCUT2D eigenvalue weighted by Gasteiger charge is 2.12. The quantitative estimate of drug-likeness (QED) is 0.628. The summed E-state index contributed by atoms with van der Waals surface area (Å²) < 4.78 is 5.11. The second kappa shape index (κ2) is 8.86. The Bertz CT molecular complexity index is 182. The molecule has 1 rings (SSSR count). The normalized spacial score (nSPS) is 20.6. The monoisotopic (exact) mass is 243 g/mol. The van der Waals surface area contributed by atoms with Crippen LogP contribution in [0, 0.1) is 5.92 Å². The molecule has 1 N–H and O–H groups in total. The molecule has 4 nitrogen and oxygen atoms in total. The van der Waals surface area contributed by atoms with E-state index in [4.69, 9.17) is 4.74 Å². The lowest BCUT2D eigenvalue weighted by atomic mass is 10.2. The Morgan fingerprint density at radius 3 is 2.59 bits per heavy atom. The average molecular weight is 243 g/mol. The third kappa shape index (κ3) is 6.99. The van der Waals surface area contributed by atoms with E-state index in [9.17, 15) is 0 Å². The first-order chi connectivity index (χ1) is 8.22. The van der Waals surface area contributed by atoms with Crippen LogP contribution in [0.2, 0.25) is 0 Å². The van der Waals surface area contributed by atoms with Crippen LogP contribution < -0.4 is 5.32 Å². The van der Waals surface area contributed by atoms with E-state index in [0.29, 0.717) is 5.92 Å². The molecule has 1 aliphatic heterocycles.